The molecule has 1 fully saturated rings. The molecular formula is C26H24O5S. The molecule has 6 heteroatoms. The van der Waals surface area contributed by atoms with Gasteiger partial charge in [-0.25, -0.2) is 8.42 Å². The van der Waals surface area contributed by atoms with Gasteiger partial charge >= 0.3 is 0 Å². The molecule has 2 aliphatic heterocycles. The lowest BCUT2D eigenvalue weighted by molar-refractivity contribution is -0.0744. The number of ether oxygens (including phenoxy) is 3. The van der Waals surface area contributed by atoms with E-state index in [1.54, 1.807) is 36.4 Å². The van der Waals surface area contributed by atoms with Gasteiger partial charge in [0.2, 0.25) is 9.84 Å². The average molecular weight is 449 g/mol. The second kappa shape index (κ2) is 9.00. The van der Waals surface area contributed by atoms with Crippen molar-refractivity contribution in [3.05, 3.63) is 113 Å². The SMILES string of the molecule is O=S(=O)(C1=C[C@H]2O[C@@H]1[C@H](OCc1ccccc1)[C@@H]2OCc1ccccc1)c1ccccc1. The smallest absolute Gasteiger partial charge is 0.205 e. The first-order valence-electron chi connectivity index (χ1n) is 10.6. The molecule has 2 heterocycles. The van der Waals surface area contributed by atoms with Crippen molar-refractivity contribution in [3.8, 4) is 0 Å². The highest BCUT2D eigenvalue weighted by Crippen LogP contribution is 2.42. The summed E-state index contributed by atoms with van der Waals surface area (Å²) in [4.78, 5) is 0.511. The molecule has 0 radical (unpaired) electrons. The van der Waals surface area contributed by atoms with Crippen molar-refractivity contribution in [3.63, 3.8) is 0 Å². The molecule has 2 aliphatic rings. The van der Waals surface area contributed by atoms with Crippen LogP contribution in [0.5, 0.6) is 0 Å². The average Bonchev–Trinajstić information content (AvgIpc) is 3.43. The summed E-state index contributed by atoms with van der Waals surface area (Å²) < 4.78 is 45.1. The van der Waals surface area contributed by atoms with Crippen molar-refractivity contribution in [2.75, 3.05) is 0 Å². The summed E-state index contributed by atoms with van der Waals surface area (Å²) in [5, 5.41) is 0. The molecule has 5 rings (SSSR count). The van der Waals surface area contributed by atoms with Crippen molar-refractivity contribution in [1.29, 1.82) is 0 Å². The van der Waals surface area contributed by atoms with Crippen LogP contribution in [0.2, 0.25) is 0 Å². The molecule has 3 aromatic carbocycles. The number of fused-ring (bicyclic) bond motifs is 2. The molecular weight excluding hydrogens is 424 g/mol. The van der Waals surface area contributed by atoms with Gasteiger partial charge in [0.05, 0.1) is 23.0 Å². The summed E-state index contributed by atoms with van der Waals surface area (Å²) in [6.45, 7) is 0.750. The summed E-state index contributed by atoms with van der Waals surface area (Å²) >= 11 is 0. The zero-order valence-corrected chi connectivity index (χ0v) is 18.2. The van der Waals surface area contributed by atoms with Crippen molar-refractivity contribution >= 4 is 9.84 Å². The molecule has 2 bridgehead atoms. The highest BCUT2D eigenvalue weighted by atomic mass is 32.2. The van der Waals surface area contributed by atoms with Crippen LogP contribution in [-0.4, -0.2) is 32.8 Å². The lowest BCUT2D eigenvalue weighted by Crippen LogP contribution is -2.41. The van der Waals surface area contributed by atoms with Gasteiger partial charge in [0.25, 0.3) is 0 Å². The number of benzene rings is 3. The third kappa shape index (κ3) is 4.14. The van der Waals surface area contributed by atoms with Crippen LogP contribution in [0.25, 0.3) is 0 Å². The van der Waals surface area contributed by atoms with E-state index < -0.39 is 34.3 Å². The minimum absolute atomic E-state index is 0.256. The zero-order chi connectivity index (χ0) is 22.0. The predicted octanol–water partition coefficient (Wildman–Crippen LogP) is 4.30. The van der Waals surface area contributed by atoms with E-state index in [9.17, 15) is 8.42 Å². The summed E-state index contributed by atoms with van der Waals surface area (Å²) in [6.07, 6.45) is -0.404. The molecule has 0 aromatic heterocycles. The Morgan fingerprint density at radius 1 is 0.688 bits per heavy atom. The standard InChI is InChI=1S/C26H24O5S/c27-32(28,21-14-8-3-9-15-21)23-16-22-24(29-17-19-10-4-1-5-11-19)26(25(23)31-22)30-18-20-12-6-2-7-13-20/h1-16,22,24-26H,17-18H2/t22-,24-,25+,26-/m1/s1. The topological polar surface area (TPSA) is 61.8 Å². The molecule has 4 atom stereocenters. The molecule has 0 saturated carbocycles. The number of rotatable bonds is 8. The molecule has 0 amide bonds. The second-order valence-corrected chi connectivity index (χ2v) is 9.88. The van der Waals surface area contributed by atoms with Gasteiger partial charge in [-0.2, -0.15) is 0 Å². The Morgan fingerprint density at radius 2 is 1.19 bits per heavy atom. The third-order valence-electron chi connectivity index (χ3n) is 5.79. The van der Waals surface area contributed by atoms with Crippen molar-refractivity contribution < 1.29 is 22.6 Å². The first-order valence-corrected chi connectivity index (χ1v) is 12.1. The highest BCUT2D eigenvalue weighted by molar-refractivity contribution is 7.95. The fourth-order valence-electron chi connectivity index (χ4n) is 4.19. The monoisotopic (exact) mass is 448 g/mol. The largest absolute Gasteiger partial charge is 0.368 e. The minimum Gasteiger partial charge on any atom is -0.368 e. The Kier molecular flexibility index (Phi) is 5.93. The molecule has 3 aromatic rings. The van der Waals surface area contributed by atoms with Gasteiger partial charge in [0.1, 0.15) is 24.4 Å². The molecule has 1 saturated heterocycles. The van der Waals surface area contributed by atoms with Gasteiger partial charge in [-0.1, -0.05) is 78.9 Å². The van der Waals surface area contributed by atoms with Crippen molar-refractivity contribution in [2.24, 2.45) is 0 Å². The maximum atomic E-state index is 13.3. The lowest BCUT2D eigenvalue weighted by atomic mass is 10.0. The summed E-state index contributed by atoms with van der Waals surface area (Å²) in [7, 11) is -3.68. The van der Waals surface area contributed by atoms with Crippen LogP contribution in [0.4, 0.5) is 0 Å². The molecule has 0 aliphatic carbocycles. The van der Waals surface area contributed by atoms with Crippen LogP contribution in [0.15, 0.2) is 107 Å². The Hall–Kier alpha value is -2.77. The predicted molar refractivity (Wildman–Crippen MR) is 120 cm³/mol. The van der Waals surface area contributed by atoms with E-state index in [0.29, 0.717) is 13.2 Å². The van der Waals surface area contributed by atoms with E-state index in [2.05, 4.69) is 0 Å². The number of hydrogen-bond donors (Lipinski definition) is 0. The van der Waals surface area contributed by atoms with Crippen LogP contribution < -0.4 is 0 Å². The lowest BCUT2D eigenvalue weighted by Gasteiger charge is -2.28. The van der Waals surface area contributed by atoms with Crippen LogP contribution in [0.3, 0.4) is 0 Å². The second-order valence-electron chi connectivity index (χ2n) is 7.93. The molecule has 0 spiro atoms. The maximum Gasteiger partial charge on any atom is 0.205 e. The Bertz CT molecular complexity index is 1180. The van der Waals surface area contributed by atoms with Crippen LogP contribution in [-0.2, 0) is 37.3 Å². The van der Waals surface area contributed by atoms with E-state index in [4.69, 9.17) is 14.2 Å². The first kappa shape index (κ1) is 21.1. The van der Waals surface area contributed by atoms with Gasteiger partial charge in [-0.15, -0.1) is 0 Å². The maximum absolute atomic E-state index is 13.3. The van der Waals surface area contributed by atoms with Gasteiger partial charge in [-0.3, -0.25) is 0 Å². The van der Waals surface area contributed by atoms with Gasteiger partial charge in [-0.05, 0) is 29.3 Å². The number of hydrogen-bond acceptors (Lipinski definition) is 5. The molecule has 0 N–H and O–H groups in total. The summed E-state index contributed by atoms with van der Waals surface area (Å²) in [5.74, 6) is 0. The molecule has 0 unspecified atom stereocenters. The van der Waals surface area contributed by atoms with Crippen molar-refractivity contribution in [2.45, 2.75) is 42.5 Å². The summed E-state index contributed by atoms with van der Waals surface area (Å²) in [5.41, 5.74) is 2.05. The van der Waals surface area contributed by atoms with Crippen LogP contribution >= 0.6 is 0 Å². The Labute approximate surface area is 188 Å². The van der Waals surface area contributed by atoms with E-state index in [1.165, 1.54) is 0 Å². The van der Waals surface area contributed by atoms with E-state index in [0.717, 1.165) is 11.1 Å². The fraction of sp³-hybridized carbons (Fsp3) is 0.231. The first-order chi connectivity index (χ1) is 15.6. The highest BCUT2D eigenvalue weighted by Gasteiger charge is 2.54. The quantitative estimate of drug-likeness (QED) is 0.514. The van der Waals surface area contributed by atoms with E-state index >= 15 is 0 Å². The van der Waals surface area contributed by atoms with Crippen molar-refractivity contribution in [1.82, 2.24) is 0 Å². The van der Waals surface area contributed by atoms with E-state index in [-0.39, 0.29) is 9.80 Å². The van der Waals surface area contributed by atoms with Gasteiger partial charge in [0, 0.05) is 0 Å². The molecule has 5 nitrogen and oxygen atoms in total. The normalized spacial score (nSPS) is 24.4. The Balaban J connectivity index is 1.40. The third-order valence-corrected chi connectivity index (χ3v) is 7.67. The number of sulfone groups is 1. The zero-order valence-electron chi connectivity index (χ0n) is 17.4. The van der Waals surface area contributed by atoms with Crippen LogP contribution in [0.1, 0.15) is 11.1 Å². The van der Waals surface area contributed by atoms with Gasteiger partial charge < -0.3 is 14.2 Å². The summed E-state index contributed by atoms with van der Waals surface area (Å²) in [6, 6.07) is 28.1. The Morgan fingerprint density at radius 3 is 1.75 bits per heavy atom. The minimum atomic E-state index is -3.68. The molecule has 32 heavy (non-hydrogen) atoms. The van der Waals surface area contributed by atoms with Gasteiger partial charge in [0.15, 0.2) is 0 Å². The fourth-order valence-corrected chi connectivity index (χ4v) is 5.78. The van der Waals surface area contributed by atoms with Crippen LogP contribution in [0, 0.1) is 0 Å². The van der Waals surface area contributed by atoms with E-state index in [1.807, 2.05) is 60.7 Å². The molecule has 164 valence electrons.